The first-order valence-corrected chi connectivity index (χ1v) is 8.39. The van der Waals surface area contributed by atoms with Crippen LogP contribution in [0, 0.1) is 11.8 Å². The third-order valence-corrected chi connectivity index (χ3v) is 4.62. The number of aromatic nitrogens is 4. The van der Waals surface area contributed by atoms with E-state index in [9.17, 15) is 4.79 Å². The lowest BCUT2D eigenvalue weighted by atomic mass is 10.3. The normalized spacial score (nSPS) is 22.8. The molecule has 1 N–H and O–H groups in total. The van der Waals surface area contributed by atoms with Crippen molar-refractivity contribution in [2.45, 2.75) is 18.7 Å². The monoisotopic (exact) mass is 344 g/mol. The summed E-state index contributed by atoms with van der Waals surface area (Å²) < 4.78 is 0. The number of rotatable bonds is 4. The average molecular weight is 345 g/mol. The van der Waals surface area contributed by atoms with Gasteiger partial charge >= 0.3 is 0 Å². The molecule has 0 spiro atoms. The minimum absolute atomic E-state index is 0.305. The van der Waals surface area contributed by atoms with Crippen LogP contribution in [0.25, 0.3) is 11.4 Å². The van der Waals surface area contributed by atoms with Crippen molar-refractivity contribution in [3.8, 4) is 11.4 Å². The molecule has 1 amide bonds. The van der Waals surface area contributed by atoms with Gasteiger partial charge in [0.15, 0.2) is 5.82 Å². The Kier molecular flexibility index (Phi) is 3.80. The number of nitrogens with one attached hydrogen (secondary N) is 1. The molecule has 3 unspecified atom stereocenters. The number of piperidine rings is 1. The summed E-state index contributed by atoms with van der Waals surface area (Å²) in [5, 5.41) is 2.02. The second-order valence-corrected chi connectivity index (χ2v) is 6.96. The van der Waals surface area contributed by atoms with Gasteiger partial charge in [-0.25, -0.2) is 19.9 Å². The molecule has 3 heterocycles. The molecule has 0 bridgehead atoms. The Labute approximate surface area is 144 Å². The van der Waals surface area contributed by atoms with Gasteiger partial charge in [0.05, 0.1) is 5.56 Å². The molecule has 4 rings (SSSR count). The third kappa shape index (κ3) is 3.03. The van der Waals surface area contributed by atoms with Gasteiger partial charge in [0.25, 0.3) is 0 Å². The number of carbonyl (C=O) groups excluding carboxylic acids is 1. The minimum atomic E-state index is -0.627. The molecule has 1 aliphatic heterocycles. The van der Waals surface area contributed by atoms with Crippen LogP contribution in [-0.4, -0.2) is 44.3 Å². The molecule has 7 nitrogen and oxygen atoms in total. The van der Waals surface area contributed by atoms with Gasteiger partial charge in [-0.1, -0.05) is 0 Å². The number of fused-ring (bicyclic) bond motifs is 1. The van der Waals surface area contributed by atoms with E-state index in [4.69, 9.17) is 11.6 Å². The van der Waals surface area contributed by atoms with Crippen LogP contribution in [0.1, 0.15) is 13.3 Å². The molecule has 0 radical (unpaired) electrons. The van der Waals surface area contributed by atoms with E-state index in [-0.39, 0.29) is 5.91 Å². The Morgan fingerprint density at radius 1 is 1.29 bits per heavy atom. The summed E-state index contributed by atoms with van der Waals surface area (Å²) in [6.45, 7) is 3.71. The summed E-state index contributed by atoms with van der Waals surface area (Å²) in [4.78, 5) is 31.3. The van der Waals surface area contributed by atoms with E-state index in [2.05, 4.69) is 30.2 Å². The fourth-order valence-corrected chi connectivity index (χ4v) is 3.01. The van der Waals surface area contributed by atoms with E-state index in [1.165, 1.54) is 6.42 Å². The zero-order chi connectivity index (χ0) is 16.7. The summed E-state index contributed by atoms with van der Waals surface area (Å²) in [5.74, 6) is 2.99. The highest BCUT2D eigenvalue weighted by molar-refractivity contribution is 6.32. The van der Waals surface area contributed by atoms with Gasteiger partial charge in [-0.05, 0) is 31.2 Å². The molecule has 1 saturated carbocycles. The molecule has 3 atom stereocenters. The van der Waals surface area contributed by atoms with E-state index in [0.29, 0.717) is 17.2 Å². The quantitative estimate of drug-likeness (QED) is 0.853. The van der Waals surface area contributed by atoms with Crippen LogP contribution in [0.5, 0.6) is 0 Å². The zero-order valence-corrected chi connectivity index (χ0v) is 13.9. The van der Waals surface area contributed by atoms with Crippen molar-refractivity contribution in [3.63, 3.8) is 0 Å². The van der Waals surface area contributed by atoms with Crippen LogP contribution < -0.4 is 10.2 Å². The van der Waals surface area contributed by atoms with Gasteiger partial charge in [-0.15, -0.1) is 11.6 Å². The van der Waals surface area contributed by atoms with Crippen LogP contribution in [0.3, 0.4) is 0 Å². The van der Waals surface area contributed by atoms with Gasteiger partial charge in [0.1, 0.15) is 11.2 Å². The molecule has 124 valence electrons. The van der Waals surface area contributed by atoms with Crippen molar-refractivity contribution in [1.29, 1.82) is 0 Å². The number of alkyl halides is 1. The summed E-state index contributed by atoms with van der Waals surface area (Å²) in [7, 11) is 0. The van der Waals surface area contributed by atoms with E-state index >= 15 is 0 Å². The van der Waals surface area contributed by atoms with Crippen molar-refractivity contribution in [2.24, 2.45) is 11.8 Å². The molecule has 2 aliphatic rings. The highest BCUT2D eigenvalue weighted by Gasteiger charge is 2.45. The molecule has 1 saturated heterocycles. The smallest absolute Gasteiger partial charge is 0.243 e. The Morgan fingerprint density at radius 2 is 2.00 bits per heavy atom. The van der Waals surface area contributed by atoms with Crippen molar-refractivity contribution in [3.05, 3.63) is 24.7 Å². The van der Waals surface area contributed by atoms with Crippen LogP contribution in [0.4, 0.5) is 11.8 Å². The van der Waals surface area contributed by atoms with Crippen molar-refractivity contribution in [2.75, 3.05) is 23.3 Å². The lowest BCUT2D eigenvalue weighted by molar-refractivity contribution is -0.115. The number of halogens is 1. The Morgan fingerprint density at radius 3 is 2.67 bits per heavy atom. The number of hydrogen-bond acceptors (Lipinski definition) is 6. The molecule has 2 aromatic rings. The second-order valence-electron chi connectivity index (χ2n) is 6.30. The predicted octanol–water partition coefficient (Wildman–Crippen LogP) is 1.96. The van der Waals surface area contributed by atoms with E-state index in [1.54, 1.807) is 31.6 Å². The van der Waals surface area contributed by atoms with Crippen molar-refractivity contribution < 1.29 is 4.79 Å². The first-order chi connectivity index (χ1) is 11.6. The zero-order valence-electron chi connectivity index (χ0n) is 13.2. The van der Waals surface area contributed by atoms with Gasteiger partial charge in [0.2, 0.25) is 11.9 Å². The molecule has 2 aromatic heterocycles. The lowest BCUT2D eigenvalue weighted by Gasteiger charge is -2.17. The molecule has 1 aliphatic carbocycles. The first-order valence-electron chi connectivity index (χ1n) is 7.95. The van der Waals surface area contributed by atoms with Crippen LogP contribution in [0.2, 0.25) is 0 Å². The van der Waals surface area contributed by atoms with Crippen LogP contribution in [-0.2, 0) is 4.79 Å². The largest absolute Gasteiger partial charge is 0.340 e. The molecule has 2 fully saturated rings. The van der Waals surface area contributed by atoms with E-state index in [0.717, 1.165) is 30.9 Å². The summed E-state index contributed by atoms with van der Waals surface area (Å²) in [6, 6.07) is 1.62. The fourth-order valence-electron chi connectivity index (χ4n) is 2.95. The Bertz CT molecular complexity index is 755. The summed E-state index contributed by atoms with van der Waals surface area (Å²) in [5.41, 5.74) is 0.707. The molecular formula is C16H17ClN6O. The van der Waals surface area contributed by atoms with Crippen molar-refractivity contribution >= 4 is 29.3 Å². The topological polar surface area (TPSA) is 83.9 Å². The predicted molar refractivity (Wildman–Crippen MR) is 90.8 cm³/mol. The summed E-state index contributed by atoms with van der Waals surface area (Å²) >= 11 is 5.75. The van der Waals surface area contributed by atoms with Gasteiger partial charge < -0.3 is 10.2 Å². The third-order valence-electron chi connectivity index (χ3n) is 4.43. The number of nitrogens with zero attached hydrogens (tertiary/aromatic N) is 5. The molecule has 0 aromatic carbocycles. The maximum absolute atomic E-state index is 11.6. The number of hydrogen-bond donors (Lipinski definition) is 1. The molecule has 8 heteroatoms. The first kappa shape index (κ1) is 15.3. The fraction of sp³-hybridized carbons (Fsp3) is 0.438. The second kappa shape index (κ2) is 5.98. The van der Waals surface area contributed by atoms with Gasteiger partial charge in [-0.2, -0.15) is 0 Å². The Hall–Kier alpha value is -2.28. The highest BCUT2D eigenvalue weighted by atomic mass is 35.5. The minimum Gasteiger partial charge on any atom is -0.340 e. The van der Waals surface area contributed by atoms with Crippen LogP contribution >= 0.6 is 11.6 Å². The van der Waals surface area contributed by atoms with Crippen molar-refractivity contribution in [1.82, 2.24) is 19.9 Å². The number of amides is 1. The standard InChI is InChI=1S/C16H17ClN6O/c1-9(17)15(24)22-13-2-3-18-14(21-13)12-5-19-16(20-6-12)23-7-10-4-11(10)8-23/h2-3,5-6,9-11H,4,7-8H2,1H3,(H,18,21,22,24). The number of carbonyl (C=O) groups is 1. The van der Waals surface area contributed by atoms with E-state index in [1.807, 2.05) is 0 Å². The molecule has 24 heavy (non-hydrogen) atoms. The number of anilines is 2. The maximum Gasteiger partial charge on any atom is 0.243 e. The summed E-state index contributed by atoms with van der Waals surface area (Å²) in [6.07, 6.45) is 6.37. The van der Waals surface area contributed by atoms with Gasteiger partial charge in [-0.3, -0.25) is 4.79 Å². The maximum atomic E-state index is 11.6. The lowest BCUT2D eigenvalue weighted by Crippen LogP contribution is -2.23. The molecular weight excluding hydrogens is 328 g/mol. The van der Waals surface area contributed by atoms with E-state index < -0.39 is 5.38 Å². The SMILES string of the molecule is CC(Cl)C(=O)Nc1ccnc(-c2cnc(N3CC4CC4C3)nc2)n1. The highest BCUT2D eigenvalue weighted by Crippen LogP contribution is 2.45. The van der Waals surface area contributed by atoms with Gasteiger partial charge in [0, 0.05) is 31.7 Å². The average Bonchev–Trinajstić information content (AvgIpc) is 3.21. The Balaban J connectivity index is 1.50. The van der Waals surface area contributed by atoms with Crippen LogP contribution in [0.15, 0.2) is 24.7 Å².